The van der Waals surface area contributed by atoms with Gasteiger partial charge in [-0.05, 0) is 36.4 Å². The van der Waals surface area contributed by atoms with Gasteiger partial charge in [0.1, 0.15) is 5.75 Å². The van der Waals surface area contributed by atoms with Crippen molar-refractivity contribution >= 4 is 40.7 Å². The van der Waals surface area contributed by atoms with Crippen molar-refractivity contribution in [1.82, 2.24) is 5.32 Å². The van der Waals surface area contributed by atoms with Crippen molar-refractivity contribution in [2.24, 2.45) is 0 Å². The molecule has 2 aromatic carbocycles. The average Bonchev–Trinajstić information content (AvgIpc) is 2.53. The fraction of sp³-hybridized carbons (Fsp3) is 0.125. The number of ether oxygens (including phenoxy) is 1. The molecule has 0 spiro atoms. The van der Waals surface area contributed by atoms with Gasteiger partial charge < -0.3 is 15.4 Å². The maximum atomic E-state index is 12.3. The normalized spacial score (nSPS) is 10.1. The van der Waals surface area contributed by atoms with Gasteiger partial charge in [0.25, 0.3) is 11.8 Å². The van der Waals surface area contributed by atoms with Crippen LogP contribution in [0.1, 0.15) is 20.7 Å². The summed E-state index contributed by atoms with van der Waals surface area (Å²) in [6, 6.07) is 9.27. The molecule has 0 radical (unpaired) electrons. The molecule has 0 heterocycles. The van der Waals surface area contributed by atoms with Crippen LogP contribution in [0.2, 0.25) is 10.0 Å². The first kappa shape index (κ1) is 17.1. The van der Waals surface area contributed by atoms with Gasteiger partial charge in [0.05, 0.1) is 12.8 Å². The zero-order valence-electron chi connectivity index (χ0n) is 12.4. The smallest absolute Gasteiger partial charge is 0.255 e. The molecule has 0 atom stereocenters. The summed E-state index contributed by atoms with van der Waals surface area (Å²) in [5.41, 5.74) is 1.18. The van der Waals surface area contributed by atoms with E-state index in [0.29, 0.717) is 32.6 Å². The minimum atomic E-state index is -0.389. The summed E-state index contributed by atoms with van der Waals surface area (Å²) in [5, 5.41) is 5.95. The highest BCUT2D eigenvalue weighted by atomic mass is 35.5. The zero-order chi connectivity index (χ0) is 17.0. The van der Waals surface area contributed by atoms with Gasteiger partial charge in [0, 0.05) is 28.2 Å². The summed E-state index contributed by atoms with van der Waals surface area (Å²) in [4.78, 5) is 23.9. The van der Waals surface area contributed by atoms with E-state index in [0.717, 1.165) is 0 Å². The van der Waals surface area contributed by atoms with Gasteiger partial charge in [-0.1, -0.05) is 23.2 Å². The van der Waals surface area contributed by atoms with Crippen LogP contribution in [0.4, 0.5) is 5.69 Å². The molecule has 0 aliphatic rings. The van der Waals surface area contributed by atoms with Gasteiger partial charge in [-0.15, -0.1) is 0 Å². The summed E-state index contributed by atoms with van der Waals surface area (Å²) in [5.74, 6) is -0.268. The van der Waals surface area contributed by atoms with Gasteiger partial charge in [0.15, 0.2) is 0 Å². The highest BCUT2D eigenvalue weighted by Crippen LogP contribution is 2.27. The molecule has 2 N–H and O–H groups in total. The highest BCUT2D eigenvalue weighted by Gasteiger charge is 2.13. The van der Waals surface area contributed by atoms with Crippen LogP contribution in [0.15, 0.2) is 36.4 Å². The van der Waals surface area contributed by atoms with Gasteiger partial charge in [0.2, 0.25) is 0 Å². The van der Waals surface area contributed by atoms with E-state index >= 15 is 0 Å². The summed E-state index contributed by atoms with van der Waals surface area (Å²) in [6.45, 7) is 0. The Morgan fingerprint density at radius 1 is 0.957 bits per heavy atom. The number of methoxy groups -OCH3 is 1. The number of carbonyl (C=O) groups excluding carboxylic acids is 2. The van der Waals surface area contributed by atoms with E-state index < -0.39 is 0 Å². The Labute approximate surface area is 143 Å². The molecule has 0 saturated carbocycles. The monoisotopic (exact) mass is 352 g/mol. The summed E-state index contributed by atoms with van der Waals surface area (Å²) in [7, 11) is 2.99. The van der Waals surface area contributed by atoms with Gasteiger partial charge in [-0.2, -0.15) is 0 Å². The number of benzene rings is 2. The standard InChI is InChI=1S/C16H14Cl2N2O3/c1-19-15(21)9-3-4-13(14(7-9)23-2)20-16(22)10-5-11(17)8-12(18)6-10/h3-8H,1-2H3,(H,19,21)(H,20,22). The molecular formula is C16H14Cl2N2O3. The number of carbonyl (C=O) groups is 2. The van der Waals surface area contributed by atoms with Crippen LogP contribution in [0.25, 0.3) is 0 Å². The minimum absolute atomic E-state index is 0.247. The van der Waals surface area contributed by atoms with E-state index in [-0.39, 0.29) is 11.8 Å². The molecule has 120 valence electrons. The SMILES string of the molecule is CNC(=O)c1ccc(NC(=O)c2cc(Cl)cc(Cl)c2)c(OC)c1. The average molecular weight is 353 g/mol. The molecule has 23 heavy (non-hydrogen) atoms. The van der Waals surface area contributed by atoms with Gasteiger partial charge in [-0.3, -0.25) is 9.59 Å². The second-order valence-electron chi connectivity index (χ2n) is 4.61. The first-order valence-electron chi connectivity index (χ1n) is 6.62. The molecule has 2 amide bonds. The Morgan fingerprint density at radius 3 is 2.17 bits per heavy atom. The van der Waals surface area contributed by atoms with Crippen LogP contribution >= 0.6 is 23.2 Å². The minimum Gasteiger partial charge on any atom is -0.495 e. The number of amides is 2. The molecule has 7 heteroatoms. The second kappa shape index (κ2) is 7.35. The third-order valence-corrected chi connectivity index (χ3v) is 3.50. The fourth-order valence-corrected chi connectivity index (χ4v) is 2.49. The topological polar surface area (TPSA) is 67.4 Å². The Kier molecular flexibility index (Phi) is 5.47. The van der Waals surface area contributed by atoms with Crippen LogP contribution in [-0.2, 0) is 0 Å². The lowest BCUT2D eigenvalue weighted by atomic mass is 10.1. The molecular weight excluding hydrogens is 339 g/mol. The van der Waals surface area contributed by atoms with E-state index in [1.54, 1.807) is 24.3 Å². The lowest BCUT2D eigenvalue weighted by molar-refractivity contribution is 0.0962. The molecule has 0 aromatic heterocycles. The van der Waals surface area contributed by atoms with Crippen molar-refractivity contribution in [3.8, 4) is 5.75 Å². The van der Waals surface area contributed by atoms with Crippen LogP contribution in [-0.4, -0.2) is 26.0 Å². The van der Waals surface area contributed by atoms with E-state index in [1.165, 1.54) is 26.3 Å². The first-order chi connectivity index (χ1) is 10.9. The Morgan fingerprint density at radius 2 is 1.61 bits per heavy atom. The van der Waals surface area contributed by atoms with Gasteiger partial charge in [-0.25, -0.2) is 0 Å². The molecule has 0 aliphatic carbocycles. The molecule has 0 fully saturated rings. The molecule has 2 aromatic rings. The summed E-state index contributed by atoms with van der Waals surface area (Å²) < 4.78 is 5.22. The summed E-state index contributed by atoms with van der Waals surface area (Å²) in [6.07, 6.45) is 0. The quantitative estimate of drug-likeness (QED) is 0.882. The molecule has 0 unspecified atom stereocenters. The number of anilines is 1. The van der Waals surface area contributed by atoms with Crippen LogP contribution < -0.4 is 15.4 Å². The van der Waals surface area contributed by atoms with Crippen molar-refractivity contribution in [3.05, 3.63) is 57.6 Å². The van der Waals surface area contributed by atoms with Gasteiger partial charge >= 0.3 is 0 Å². The van der Waals surface area contributed by atoms with E-state index in [1.807, 2.05) is 0 Å². The van der Waals surface area contributed by atoms with Crippen molar-refractivity contribution in [2.75, 3.05) is 19.5 Å². The maximum Gasteiger partial charge on any atom is 0.255 e. The van der Waals surface area contributed by atoms with Crippen molar-refractivity contribution < 1.29 is 14.3 Å². The maximum absolute atomic E-state index is 12.3. The highest BCUT2D eigenvalue weighted by molar-refractivity contribution is 6.35. The third kappa shape index (κ3) is 4.15. The van der Waals surface area contributed by atoms with E-state index in [9.17, 15) is 9.59 Å². The molecule has 2 rings (SSSR count). The van der Waals surface area contributed by atoms with Crippen molar-refractivity contribution in [3.63, 3.8) is 0 Å². The van der Waals surface area contributed by atoms with Crippen LogP contribution in [0.5, 0.6) is 5.75 Å². The van der Waals surface area contributed by atoms with Crippen molar-refractivity contribution in [1.29, 1.82) is 0 Å². The number of hydrogen-bond acceptors (Lipinski definition) is 3. The number of rotatable bonds is 4. The van der Waals surface area contributed by atoms with E-state index in [4.69, 9.17) is 27.9 Å². The fourth-order valence-electron chi connectivity index (χ4n) is 1.96. The van der Waals surface area contributed by atoms with Crippen LogP contribution in [0.3, 0.4) is 0 Å². The third-order valence-electron chi connectivity index (χ3n) is 3.06. The lowest BCUT2D eigenvalue weighted by Crippen LogP contribution is -2.18. The van der Waals surface area contributed by atoms with Crippen LogP contribution in [0, 0.1) is 0 Å². The molecule has 5 nitrogen and oxygen atoms in total. The number of nitrogens with one attached hydrogen (secondary N) is 2. The Balaban J connectivity index is 2.28. The van der Waals surface area contributed by atoms with Crippen molar-refractivity contribution in [2.45, 2.75) is 0 Å². The van der Waals surface area contributed by atoms with E-state index in [2.05, 4.69) is 10.6 Å². The molecule has 0 aliphatic heterocycles. The first-order valence-corrected chi connectivity index (χ1v) is 7.37. The predicted molar refractivity (Wildman–Crippen MR) is 90.8 cm³/mol. The molecule has 0 saturated heterocycles. The summed E-state index contributed by atoms with van der Waals surface area (Å²) >= 11 is 11.8. The number of hydrogen-bond donors (Lipinski definition) is 2. The zero-order valence-corrected chi connectivity index (χ0v) is 14.0. The Hall–Kier alpha value is -2.24. The predicted octanol–water partition coefficient (Wildman–Crippen LogP) is 3.61. The lowest BCUT2D eigenvalue weighted by Gasteiger charge is -2.12. The molecule has 0 bridgehead atoms. The number of halogens is 2. The largest absolute Gasteiger partial charge is 0.495 e. The second-order valence-corrected chi connectivity index (χ2v) is 5.48. The Bertz CT molecular complexity index is 743.